The maximum atomic E-state index is 12.9. The molecule has 156 valence electrons. The molecule has 0 aromatic heterocycles. The van der Waals surface area contributed by atoms with Gasteiger partial charge in [0.15, 0.2) is 17.3 Å². The van der Waals surface area contributed by atoms with E-state index < -0.39 is 0 Å². The number of nitrogens with zero attached hydrogens (tertiary/aromatic N) is 1. The Labute approximate surface area is 177 Å². The minimum Gasteiger partial charge on any atom is -0.486 e. The lowest BCUT2D eigenvalue weighted by molar-refractivity contribution is -0.127. The Morgan fingerprint density at radius 3 is 2.40 bits per heavy atom. The lowest BCUT2D eigenvalue weighted by Gasteiger charge is -2.30. The summed E-state index contributed by atoms with van der Waals surface area (Å²) in [4.78, 5) is 27.3. The second kappa shape index (κ2) is 9.16. The molecular weight excluding hydrogens is 378 g/mol. The highest BCUT2D eigenvalue weighted by molar-refractivity contribution is 5.99. The van der Waals surface area contributed by atoms with E-state index in [1.54, 1.807) is 24.3 Å². The van der Waals surface area contributed by atoms with Crippen LogP contribution < -0.4 is 9.47 Å². The molecule has 2 aromatic carbocycles. The third-order valence-corrected chi connectivity index (χ3v) is 5.81. The average molecular weight is 405 g/mol. The predicted molar refractivity (Wildman–Crippen MR) is 116 cm³/mol. The summed E-state index contributed by atoms with van der Waals surface area (Å²) in [5.41, 5.74) is 2.95. The number of fused-ring (bicyclic) bond motifs is 1. The molecule has 2 heterocycles. The average Bonchev–Trinajstić information content (AvgIpc) is 2.82. The Kier molecular flexibility index (Phi) is 6.17. The van der Waals surface area contributed by atoms with Crippen molar-refractivity contribution in [3.8, 4) is 11.5 Å². The molecule has 0 bridgehead atoms. The smallest absolute Gasteiger partial charge is 0.246 e. The van der Waals surface area contributed by atoms with Crippen LogP contribution in [0, 0.1) is 5.92 Å². The maximum absolute atomic E-state index is 12.9. The van der Waals surface area contributed by atoms with Gasteiger partial charge in [0.1, 0.15) is 13.2 Å². The van der Waals surface area contributed by atoms with Gasteiger partial charge in [-0.3, -0.25) is 9.59 Å². The molecule has 2 aromatic rings. The van der Waals surface area contributed by atoms with Crippen LogP contribution in [0.1, 0.15) is 41.3 Å². The molecule has 1 amide bonds. The van der Waals surface area contributed by atoms with Crippen molar-refractivity contribution < 1.29 is 19.1 Å². The first-order valence-corrected chi connectivity index (χ1v) is 10.6. The van der Waals surface area contributed by atoms with Gasteiger partial charge in [-0.05, 0) is 54.7 Å². The largest absolute Gasteiger partial charge is 0.486 e. The van der Waals surface area contributed by atoms with Crippen molar-refractivity contribution in [3.63, 3.8) is 0 Å². The van der Waals surface area contributed by atoms with Gasteiger partial charge in [-0.15, -0.1) is 0 Å². The SMILES string of the molecule is CCc1ccc(C=CC(=O)N2CCC(C(=O)c3ccc4c(c3)OCCO4)CC2)cc1. The summed E-state index contributed by atoms with van der Waals surface area (Å²) < 4.78 is 11.1. The van der Waals surface area contributed by atoms with Crippen LogP contribution >= 0.6 is 0 Å². The molecule has 0 atom stereocenters. The van der Waals surface area contributed by atoms with Gasteiger partial charge in [0.25, 0.3) is 0 Å². The number of rotatable bonds is 5. The molecule has 1 saturated heterocycles. The Bertz CT molecular complexity index is 940. The van der Waals surface area contributed by atoms with E-state index in [1.807, 2.05) is 23.1 Å². The zero-order valence-corrected chi connectivity index (χ0v) is 17.3. The Hall–Kier alpha value is -3.08. The number of ketones is 1. The number of hydrogen-bond acceptors (Lipinski definition) is 4. The molecule has 2 aliphatic rings. The zero-order valence-electron chi connectivity index (χ0n) is 17.3. The molecule has 0 aliphatic carbocycles. The molecule has 1 fully saturated rings. The Morgan fingerprint density at radius 2 is 1.70 bits per heavy atom. The van der Waals surface area contributed by atoms with Gasteiger partial charge in [-0.1, -0.05) is 31.2 Å². The molecular formula is C25H27NO4. The first kappa shape index (κ1) is 20.2. The number of Topliss-reactive ketones (excluding diaryl/α,β-unsaturated/α-hetero) is 1. The van der Waals surface area contributed by atoms with E-state index >= 15 is 0 Å². The van der Waals surface area contributed by atoms with Gasteiger partial charge < -0.3 is 14.4 Å². The second-order valence-corrected chi connectivity index (χ2v) is 7.75. The van der Waals surface area contributed by atoms with Gasteiger partial charge >= 0.3 is 0 Å². The van der Waals surface area contributed by atoms with Crippen LogP contribution in [-0.4, -0.2) is 42.9 Å². The number of piperidine rings is 1. The van der Waals surface area contributed by atoms with Gasteiger partial charge in [0.05, 0.1) is 0 Å². The van der Waals surface area contributed by atoms with Crippen molar-refractivity contribution in [2.75, 3.05) is 26.3 Å². The monoisotopic (exact) mass is 405 g/mol. The molecule has 2 aliphatic heterocycles. The third kappa shape index (κ3) is 4.56. The van der Waals surface area contributed by atoms with E-state index in [-0.39, 0.29) is 17.6 Å². The van der Waals surface area contributed by atoms with Crippen molar-refractivity contribution in [2.24, 2.45) is 5.92 Å². The standard InChI is InChI=1S/C25H27NO4/c1-2-18-3-5-19(6-4-18)7-10-24(27)26-13-11-20(12-14-26)25(28)21-8-9-22-23(17-21)30-16-15-29-22/h3-10,17,20H,2,11-16H2,1H3. The van der Waals surface area contributed by atoms with Crippen LogP contribution in [0.3, 0.4) is 0 Å². The highest BCUT2D eigenvalue weighted by Gasteiger charge is 2.28. The second-order valence-electron chi connectivity index (χ2n) is 7.75. The van der Waals surface area contributed by atoms with Gasteiger partial charge in [0.2, 0.25) is 5.91 Å². The van der Waals surface area contributed by atoms with E-state index in [0.717, 1.165) is 12.0 Å². The number of hydrogen-bond donors (Lipinski definition) is 0. The van der Waals surface area contributed by atoms with E-state index in [1.165, 1.54) is 5.56 Å². The molecule has 30 heavy (non-hydrogen) atoms. The molecule has 5 heteroatoms. The molecule has 4 rings (SSSR count). The number of aryl methyl sites for hydroxylation is 1. The van der Waals surface area contributed by atoms with Gasteiger partial charge in [-0.2, -0.15) is 0 Å². The topological polar surface area (TPSA) is 55.8 Å². The quantitative estimate of drug-likeness (QED) is 0.554. The van der Waals surface area contributed by atoms with Crippen molar-refractivity contribution in [3.05, 3.63) is 65.2 Å². The molecule has 0 N–H and O–H groups in total. The van der Waals surface area contributed by atoms with E-state index in [0.29, 0.717) is 56.2 Å². The summed E-state index contributed by atoms with van der Waals surface area (Å²) in [6, 6.07) is 13.6. The van der Waals surface area contributed by atoms with Crippen molar-refractivity contribution >= 4 is 17.8 Å². The zero-order chi connectivity index (χ0) is 20.9. The third-order valence-electron chi connectivity index (χ3n) is 5.81. The first-order chi connectivity index (χ1) is 14.6. The van der Waals surface area contributed by atoms with Crippen LogP contribution in [0.25, 0.3) is 6.08 Å². The summed E-state index contributed by atoms with van der Waals surface area (Å²) in [6.07, 6.45) is 5.84. The molecule has 0 unspecified atom stereocenters. The fourth-order valence-corrected chi connectivity index (χ4v) is 3.93. The number of carbonyl (C=O) groups is 2. The van der Waals surface area contributed by atoms with Crippen molar-refractivity contribution in [1.29, 1.82) is 0 Å². The highest BCUT2D eigenvalue weighted by Crippen LogP contribution is 2.32. The fourth-order valence-electron chi connectivity index (χ4n) is 3.93. The summed E-state index contributed by atoms with van der Waals surface area (Å²) in [7, 11) is 0. The number of amides is 1. The summed E-state index contributed by atoms with van der Waals surface area (Å²) in [5, 5.41) is 0. The van der Waals surface area contributed by atoms with Crippen LogP contribution in [-0.2, 0) is 11.2 Å². The van der Waals surface area contributed by atoms with Gasteiger partial charge in [-0.25, -0.2) is 0 Å². The fraction of sp³-hybridized carbons (Fsp3) is 0.360. The maximum Gasteiger partial charge on any atom is 0.246 e. The Morgan fingerprint density at radius 1 is 1.00 bits per heavy atom. The number of carbonyl (C=O) groups excluding carboxylic acids is 2. The summed E-state index contributed by atoms with van der Waals surface area (Å²) in [5.74, 6) is 1.37. The molecule has 0 spiro atoms. The molecule has 5 nitrogen and oxygen atoms in total. The number of ether oxygens (including phenoxy) is 2. The van der Waals surface area contributed by atoms with Crippen LogP contribution in [0.15, 0.2) is 48.5 Å². The van der Waals surface area contributed by atoms with Gasteiger partial charge in [0, 0.05) is 30.6 Å². The lowest BCUT2D eigenvalue weighted by atomic mass is 9.88. The summed E-state index contributed by atoms with van der Waals surface area (Å²) in [6.45, 7) is 4.35. The number of likely N-dealkylation sites (tertiary alicyclic amines) is 1. The minimum absolute atomic E-state index is 0.000188. The van der Waals surface area contributed by atoms with Crippen molar-refractivity contribution in [2.45, 2.75) is 26.2 Å². The normalized spacial score (nSPS) is 16.6. The van der Waals surface area contributed by atoms with Crippen molar-refractivity contribution in [1.82, 2.24) is 4.90 Å². The van der Waals surface area contributed by atoms with Crippen LogP contribution in [0.2, 0.25) is 0 Å². The summed E-state index contributed by atoms with van der Waals surface area (Å²) >= 11 is 0. The Balaban J connectivity index is 1.32. The minimum atomic E-state index is -0.0674. The predicted octanol–water partition coefficient (Wildman–Crippen LogP) is 4.15. The molecule has 0 saturated carbocycles. The number of benzene rings is 2. The van der Waals surface area contributed by atoms with Crippen LogP contribution in [0.5, 0.6) is 11.5 Å². The first-order valence-electron chi connectivity index (χ1n) is 10.6. The van der Waals surface area contributed by atoms with E-state index in [2.05, 4.69) is 19.1 Å². The van der Waals surface area contributed by atoms with E-state index in [9.17, 15) is 9.59 Å². The van der Waals surface area contributed by atoms with Crippen LogP contribution in [0.4, 0.5) is 0 Å². The van der Waals surface area contributed by atoms with E-state index in [4.69, 9.17) is 9.47 Å². The molecule has 0 radical (unpaired) electrons. The highest BCUT2D eigenvalue weighted by atomic mass is 16.6. The lowest BCUT2D eigenvalue weighted by Crippen LogP contribution is -2.39.